The van der Waals surface area contributed by atoms with Gasteiger partial charge in [-0.2, -0.15) is 0 Å². The average molecular weight is 522 g/mol. The van der Waals surface area contributed by atoms with Crippen molar-refractivity contribution < 1.29 is 9.53 Å². The fourth-order valence-corrected chi connectivity index (χ4v) is 4.21. The highest BCUT2D eigenvalue weighted by atomic mass is 79.9. The molecule has 0 saturated heterocycles. The quantitative estimate of drug-likeness (QED) is 0.272. The molecule has 0 radical (unpaired) electrons. The molecule has 1 N–H and O–H groups in total. The molecule has 0 saturated carbocycles. The molecule has 0 unspecified atom stereocenters. The summed E-state index contributed by atoms with van der Waals surface area (Å²) in [6.07, 6.45) is 2.74. The molecule has 0 aliphatic carbocycles. The second-order valence-electron chi connectivity index (χ2n) is 6.55. The van der Waals surface area contributed by atoms with Crippen molar-refractivity contribution in [2.75, 3.05) is 11.1 Å². The van der Waals surface area contributed by atoms with Crippen LogP contribution >= 0.6 is 39.3 Å². The zero-order chi connectivity index (χ0) is 22.2. The van der Waals surface area contributed by atoms with E-state index in [1.54, 1.807) is 18.2 Å². The Morgan fingerprint density at radius 3 is 2.74 bits per heavy atom. The number of allylic oxidation sites excluding steroid dienone is 1. The first kappa shape index (κ1) is 23.4. The second kappa shape index (κ2) is 11.4. The van der Waals surface area contributed by atoms with E-state index in [-0.39, 0.29) is 18.3 Å². The molecule has 0 atom stereocenters. The smallest absolute Gasteiger partial charge is 0.234 e. The molecule has 1 heterocycles. The number of aryl methyl sites for hydroxylation is 1. The van der Waals surface area contributed by atoms with Crippen LogP contribution in [0.5, 0.6) is 5.75 Å². The number of carbonyl (C=O) groups excluding carboxylic acids is 1. The Hall–Kier alpha value is -2.29. The van der Waals surface area contributed by atoms with Crippen molar-refractivity contribution in [1.82, 2.24) is 14.8 Å². The van der Waals surface area contributed by atoms with Gasteiger partial charge in [-0.1, -0.05) is 64.4 Å². The maximum Gasteiger partial charge on any atom is 0.234 e. The number of amides is 1. The predicted octanol–water partition coefficient (Wildman–Crippen LogP) is 5.75. The van der Waals surface area contributed by atoms with Crippen LogP contribution in [0.2, 0.25) is 5.02 Å². The molecule has 0 bridgehead atoms. The van der Waals surface area contributed by atoms with Crippen molar-refractivity contribution in [3.63, 3.8) is 0 Å². The van der Waals surface area contributed by atoms with Crippen LogP contribution in [-0.4, -0.2) is 26.4 Å². The Labute approximate surface area is 199 Å². The Kier molecular flexibility index (Phi) is 8.57. The standard InChI is InChI=1S/C22H22BrClN4O2S/c1-3-11-28-20(13-30-17-8-5-15(4-2)6-9-17)26-27-22(28)31-14-21(29)25-19-10-7-16(23)12-18(19)24/h3,5-10,12H,1,4,11,13-14H2,2H3,(H,25,29). The topological polar surface area (TPSA) is 69.0 Å². The van der Waals surface area contributed by atoms with E-state index in [4.69, 9.17) is 16.3 Å². The van der Waals surface area contributed by atoms with Crippen LogP contribution < -0.4 is 10.1 Å². The van der Waals surface area contributed by atoms with Crippen molar-refractivity contribution >= 4 is 50.9 Å². The summed E-state index contributed by atoms with van der Waals surface area (Å²) in [6.45, 7) is 6.70. The lowest BCUT2D eigenvalue weighted by Crippen LogP contribution is -2.15. The van der Waals surface area contributed by atoms with Gasteiger partial charge in [0.25, 0.3) is 0 Å². The Morgan fingerprint density at radius 1 is 1.29 bits per heavy atom. The zero-order valence-corrected chi connectivity index (χ0v) is 20.1. The number of ether oxygens (including phenoxy) is 1. The van der Waals surface area contributed by atoms with Gasteiger partial charge in [-0.05, 0) is 42.3 Å². The second-order valence-corrected chi connectivity index (χ2v) is 8.81. The number of halogens is 2. The molecule has 9 heteroatoms. The lowest BCUT2D eigenvalue weighted by atomic mass is 10.2. The number of hydrogen-bond donors (Lipinski definition) is 1. The van der Waals surface area contributed by atoms with E-state index in [0.717, 1.165) is 16.6 Å². The van der Waals surface area contributed by atoms with Crippen molar-refractivity contribution in [2.45, 2.75) is 31.7 Å². The summed E-state index contributed by atoms with van der Waals surface area (Å²) in [4.78, 5) is 12.4. The van der Waals surface area contributed by atoms with E-state index >= 15 is 0 Å². The minimum atomic E-state index is -0.184. The van der Waals surface area contributed by atoms with Crippen molar-refractivity contribution in [1.29, 1.82) is 0 Å². The molecule has 1 aromatic heterocycles. The van der Waals surface area contributed by atoms with E-state index < -0.39 is 0 Å². The van der Waals surface area contributed by atoms with Gasteiger partial charge in [0.05, 0.1) is 16.5 Å². The van der Waals surface area contributed by atoms with Crippen molar-refractivity contribution in [2.24, 2.45) is 0 Å². The van der Waals surface area contributed by atoms with Gasteiger partial charge in [0.1, 0.15) is 12.4 Å². The Balaban J connectivity index is 1.61. The van der Waals surface area contributed by atoms with E-state index in [0.29, 0.717) is 28.2 Å². The van der Waals surface area contributed by atoms with Gasteiger partial charge in [0.15, 0.2) is 11.0 Å². The predicted molar refractivity (Wildman–Crippen MR) is 129 cm³/mol. The van der Waals surface area contributed by atoms with E-state index in [2.05, 4.69) is 44.9 Å². The van der Waals surface area contributed by atoms with E-state index in [1.165, 1.54) is 17.3 Å². The summed E-state index contributed by atoms with van der Waals surface area (Å²) in [5, 5.41) is 12.3. The number of nitrogens with zero attached hydrogens (tertiary/aromatic N) is 3. The maximum absolute atomic E-state index is 12.4. The molecule has 1 amide bonds. The summed E-state index contributed by atoms with van der Waals surface area (Å²) in [5.41, 5.74) is 1.81. The van der Waals surface area contributed by atoms with E-state index in [1.807, 2.05) is 34.9 Å². The monoisotopic (exact) mass is 520 g/mol. The first-order valence-electron chi connectivity index (χ1n) is 9.62. The number of anilines is 1. The largest absolute Gasteiger partial charge is 0.486 e. The molecule has 0 aliphatic rings. The molecule has 2 aromatic carbocycles. The third kappa shape index (κ3) is 6.59. The van der Waals surface area contributed by atoms with Crippen molar-refractivity contribution in [3.05, 3.63) is 76.0 Å². The lowest BCUT2D eigenvalue weighted by Gasteiger charge is -2.10. The molecule has 162 valence electrons. The normalized spacial score (nSPS) is 10.7. The first-order valence-corrected chi connectivity index (χ1v) is 11.8. The van der Waals surface area contributed by atoms with Gasteiger partial charge >= 0.3 is 0 Å². The third-order valence-electron chi connectivity index (χ3n) is 4.34. The third-order valence-corrected chi connectivity index (χ3v) is 6.11. The van der Waals surface area contributed by atoms with Crippen molar-refractivity contribution in [3.8, 4) is 5.75 Å². The fourth-order valence-electron chi connectivity index (χ4n) is 2.72. The fraction of sp³-hybridized carbons (Fsp3) is 0.227. The maximum atomic E-state index is 12.4. The number of nitrogens with one attached hydrogen (secondary N) is 1. The summed E-state index contributed by atoms with van der Waals surface area (Å²) >= 11 is 10.8. The molecule has 6 nitrogen and oxygen atoms in total. The highest BCUT2D eigenvalue weighted by molar-refractivity contribution is 9.10. The molecule has 0 spiro atoms. The molecule has 3 rings (SSSR count). The van der Waals surface area contributed by atoms with Crippen LogP contribution in [0, 0.1) is 0 Å². The van der Waals surface area contributed by atoms with Crippen LogP contribution in [-0.2, 0) is 24.4 Å². The number of rotatable bonds is 10. The first-order chi connectivity index (χ1) is 15.0. The number of aromatic nitrogens is 3. The SMILES string of the molecule is C=CCn1c(COc2ccc(CC)cc2)nnc1SCC(=O)Nc1ccc(Br)cc1Cl. The van der Waals surface area contributed by atoms with E-state index in [9.17, 15) is 4.79 Å². The average Bonchev–Trinajstić information content (AvgIpc) is 3.15. The van der Waals surface area contributed by atoms with Crippen LogP contribution in [0.1, 0.15) is 18.3 Å². The van der Waals surface area contributed by atoms with Gasteiger partial charge in [-0.3, -0.25) is 9.36 Å². The number of carbonyl (C=O) groups is 1. The summed E-state index contributed by atoms with van der Waals surface area (Å²) in [7, 11) is 0. The van der Waals surface area contributed by atoms with Gasteiger partial charge in [-0.15, -0.1) is 16.8 Å². The molecule has 0 aliphatic heterocycles. The zero-order valence-electron chi connectivity index (χ0n) is 17.0. The molecule has 0 fully saturated rings. The summed E-state index contributed by atoms with van der Waals surface area (Å²) in [6, 6.07) is 13.3. The van der Waals surface area contributed by atoms with Gasteiger partial charge in [0, 0.05) is 11.0 Å². The number of thioether (sulfide) groups is 1. The lowest BCUT2D eigenvalue weighted by molar-refractivity contribution is -0.113. The minimum absolute atomic E-state index is 0.168. The van der Waals surface area contributed by atoms with Crippen LogP contribution in [0.25, 0.3) is 0 Å². The van der Waals surface area contributed by atoms with Crippen LogP contribution in [0.4, 0.5) is 5.69 Å². The summed E-state index contributed by atoms with van der Waals surface area (Å²) < 4.78 is 8.59. The van der Waals surface area contributed by atoms with Crippen LogP contribution in [0.3, 0.4) is 0 Å². The molecular formula is C22H22BrClN4O2S. The minimum Gasteiger partial charge on any atom is -0.486 e. The van der Waals surface area contributed by atoms with Gasteiger partial charge < -0.3 is 10.1 Å². The highest BCUT2D eigenvalue weighted by Crippen LogP contribution is 2.26. The Morgan fingerprint density at radius 2 is 2.06 bits per heavy atom. The molecule has 3 aromatic rings. The van der Waals surface area contributed by atoms with Crippen LogP contribution in [0.15, 0.2) is 64.7 Å². The highest BCUT2D eigenvalue weighted by Gasteiger charge is 2.15. The Bertz CT molecular complexity index is 1060. The van der Waals surface area contributed by atoms with Gasteiger partial charge in [-0.25, -0.2) is 0 Å². The van der Waals surface area contributed by atoms with Gasteiger partial charge in [0.2, 0.25) is 5.91 Å². The summed E-state index contributed by atoms with van der Waals surface area (Å²) in [5.74, 6) is 1.42. The molecule has 31 heavy (non-hydrogen) atoms. The molecular weight excluding hydrogens is 500 g/mol. The number of benzene rings is 2. The number of hydrogen-bond acceptors (Lipinski definition) is 5.